The summed E-state index contributed by atoms with van der Waals surface area (Å²) in [6.07, 6.45) is 1.54. The van der Waals surface area contributed by atoms with Crippen LogP contribution < -0.4 is 4.34 Å². The molecule has 1 nitrogen and oxygen atoms in total. The largest absolute Gasteiger partial charge is 0.330 e. The van der Waals surface area contributed by atoms with Gasteiger partial charge >= 0.3 is 0 Å². The van der Waals surface area contributed by atoms with Crippen molar-refractivity contribution in [2.75, 3.05) is 0 Å². The van der Waals surface area contributed by atoms with Crippen molar-refractivity contribution in [1.29, 1.82) is 0 Å². The van der Waals surface area contributed by atoms with Crippen LogP contribution >= 0.6 is 16.1 Å². The van der Waals surface area contributed by atoms with E-state index in [9.17, 15) is 0 Å². The predicted octanol–water partition coefficient (Wildman–Crippen LogP) is 1.03. The maximum Gasteiger partial charge on any atom is 0.0460 e. The second kappa shape index (κ2) is 3.02. The van der Waals surface area contributed by atoms with Crippen LogP contribution in [0.15, 0.2) is 12.8 Å². The maximum atomic E-state index is 3.32. The highest BCUT2D eigenvalue weighted by Crippen LogP contribution is 1.58. The van der Waals surface area contributed by atoms with Crippen LogP contribution in [0.5, 0.6) is 0 Å². The van der Waals surface area contributed by atoms with Gasteiger partial charge in [0.25, 0.3) is 0 Å². The van der Waals surface area contributed by atoms with E-state index in [0.717, 1.165) is 0 Å². The minimum Gasteiger partial charge on any atom is -0.330 e. The summed E-state index contributed by atoms with van der Waals surface area (Å²) in [6, 6.07) is 0. The first-order valence-electron chi connectivity index (χ1n) is 0.886. The van der Waals surface area contributed by atoms with Crippen molar-refractivity contribution in [1.82, 2.24) is 4.34 Å². The van der Waals surface area contributed by atoms with Crippen molar-refractivity contribution in [2.45, 2.75) is 0 Å². The molecule has 0 aliphatic carbocycles. The Morgan fingerprint density at radius 1 is 2.00 bits per heavy atom. The van der Waals surface area contributed by atoms with Crippen molar-refractivity contribution < 1.29 is 0 Å². The van der Waals surface area contributed by atoms with E-state index in [1.165, 1.54) is 0 Å². The lowest BCUT2D eigenvalue weighted by molar-refractivity contribution is 1.48. The molecule has 0 atom stereocenters. The summed E-state index contributed by atoms with van der Waals surface area (Å²) in [4.78, 5) is 0. The van der Waals surface area contributed by atoms with Gasteiger partial charge in [0.05, 0.1) is 0 Å². The summed E-state index contributed by atoms with van der Waals surface area (Å²) in [5.74, 6) is 0. The van der Waals surface area contributed by atoms with Crippen LogP contribution in [-0.2, 0) is 0 Å². The van der Waals surface area contributed by atoms with Crippen LogP contribution in [0.4, 0.5) is 0 Å². The number of nitrogens with one attached hydrogen (secondary N) is 1. The number of halogens is 1. The van der Waals surface area contributed by atoms with E-state index in [1.807, 2.05) is 0 Å². The van der Waals surface area contributed by atoms with Crippen molar-refractivity contribution >= 4 is 16.1 Å². The molecule has 0 rings (SSSR count). The third-order valence-corrected chi connectivity index (χ3v) is 0.401. The summed E-state index contributed by atoms with van der Waals surface area (Å²) in [6.45, 7) is 3.32. The van der Waals surface area contributed by atoms with Gasteiger partial charge in [-0.2, -0.15) is 0 Å². The zero-order valence-electron chi connectivity index (χ0n) is 2.16. The third-order valence-electron chi connectivity index (χ3n) is 0.0772. The molecule has 0 radical (unpaired) electrons. The van der Waals surface area contributed by atoms with Gasteiger partial charge in [-0.25, -0.2) is 0 Å². The minimum atomic E-state index is 1.54. The lowest BCUT2D eigenvalue weighted by Crippen LogP contribution is -1.72. The zero-order valence-corrected chi connectivity index (χ0v) is 3.75. The molecule has 0 aromatic heterocycles. The molecule has 2 heteroatoms. The van der Waals surface area contributed by atoms with Crippen LogP contribution in [0.1, 0.15) is 0 Å². The lowest BCUT2D eigenvalue weighted by Gasteiger charge is -1.66. The Morgan fingerprint density at radius 3 is 2.25 bits per heavy atom. The predicted molar refractivity (Wildman–Crippen MR) is 22.3 cm³/mol. The number of rotatable bonds is 1. The van der Waals surface area contributed by atoms with Crippen LogP contribution in [0.3, 0.4) is 0 Å². The molecule has 0 aromatic carbocycles. The molecule has 0 amide bonds. The van der Waals surface area contributed by atoms with Crippen LogP contribution in [0, 0.1) is 0 Å². The van der Waals surface area contributed by atoms with Gasteiger partial charge in [-0.3, -0.25) is 0 Å². The lowest BCUT2D eigenvalue weighted by atomic mass is 11.1. The molecule has 0 aliphatic heterocycles. The van der Waals surface area contributed by atoms with E-state index in [0.29, 0.717) is 0 Å². The molecule has 0 bridgehead atoms. The van der Waals surface area contributed by atoms with Crippen LogP contribution in [0.25, 0.3) is 0 Å². The van der Waals surface area contributed by atoms with Crippen molar-refractivity contribution in [3.05, 3.63) is 12.8 Å². The number of hydrogen-bond acceptors (Lipinski definition) is 1. The fourth-order valence-electron chi connectivity index (χ4n) is 0. The second-order valence-electron chi connectivity index (χ2n) is 0.313. The van der Waals surface area contributed by atoms with Gasteiger partial charge in [-0.1, -0.05) is 6.58 Å². The minimum absolute atomic E-state index is 1.54. The molecule has 1 N–H and O–H groups in total. The highest BCUT2D eigenvalue weighted by molar-refractivity contribution is 9.08. The van der Waals surface area contributed by atoms with E-state index in [2.05, 4.69) is 27.1 Å². The standard InChI is InChI=1S/C2H4BrN/c1-2-4-3/h2,4H,1H2. The normalized spacial score (nSPS) is 5.25. The summed E-state index contributed by atoms with van der Waals surface area (Å²) in [5, 5.41) is 0. The first-order chi connectivity index (χ1) is 1.91. The van der Waals surface area contributed by atoms with Gasteiger partial charge in [-0.05, 0) is 0 Å². The Kier molecular flexibility index (Phi) is 3.04. The average Bonchev–Trinajstić information content (AvgIpc) is 1.37. The Balaban J connectivity index is 2.30. The molecule has 0 saturated carbocycles. The Labute approximate surface area is 34.0 Å². The molecule has 0 spiro atoms. The molecule has 0 aliphatic rings. The van der Waals surface area contributed by atoms with E-state index in [4.69, 9.17) is 0 Å². The zero-order chi connectivity index (χ0) is 3.41. The summed E-state index contributed by atoms with van der Waals surface area (Å²) in [7, 11) is 0. The highest BCUT2D eigenvalue weighted by Gasteiger charge is 1.38. The van der Waals surface area contributed by atoms with Gasteiger partial charge in [0.1, 0.15) is 0 Å². The molecule has 0 fully saturated rings. The molecule has 0 aromatic rings. The van der Waals surface area contributed by atoms with Crippen molar-refractivity contribution in [3.8, 4) is 0 Å². The van der Waals surface area contributed by atoms with E-state index in [-0.39, 0.29) is 0 Å². The molecule has 24 valence electrons. The van der Waals surface area contributed by atoms with E-state index < -0.39 is 0 Å². The first-order valence-corrected chi connectivity index (χ1v) is 1.68. The molecule has 4 heavy (non-hydrogen) atoms. The molecular formula is C2H4BrN. The van der Waals surface area contributed by atoms with Gasteiger partial charge in [0, 0.05) is 22.3 Å². The molecule has 0 saturated heterocycles. The number of hydrogen-bond donors (Lipinski definition) is 1. The van der Waals surface area contributed by atoms with E-state index >= 15 is 0 Å². The average molecular weight is 122 g/mol. The Hall–Kier alpha value is 0.0200. The first kappa shape index (κ1) is 4.02. The second-order valence-corrected chi connectivity index (χ2v) is 0.771. The SMILES string of the molecule is C=CNBr. The highest BCUT2D eigenvalue weighted by atomic mass is 79.9. The molecule has 0 unspecified atom stereocenters. The van der Waals surface area contributed by atoms with Crippen LogP contribution in [-0.4, -0.2) is 0 Å². The van der Waals surface area contributed by atoms with Gasteiger partial charge in [0.2, 0.25) is 0 Å². The smallest absolute Gasteiger partial charge is 0.0460 e. The summed E-state index contributed by atoms with van der Waals surface area (Å²) < 4.78 is 2.51. The van der Waals surface area contributed by atoms with Crippen molar-refractivity contribution in [2.24, 2.45) is 0 Å². The fourth-order valence-corrected chi connectivity index (χ4v) is 0. The topological polar surface area (TPSA) is 12.0 Å². The van der Waals surface area contributed by atoms with Gasteiger partial charge in [-0.15, -0.1) is 0 Å². The summed E-state index contributed by atoms with van der Waals surface area (Å²) in [5.41, 5.74) is 0. The molecular weight excluding hydrogens is 118 g/mol. The third kappa shape index (κ3) is 2.02. The van der Waals surface area contributed by atoms with Gasteiger partial charge < -0.3 is 4.34 Å². The van der Waals surface area contributed by atoms with Crippen molar-refractivity contribution in [3.63, 3.8) is 0 Å². The van der Waals surface area contributed by atoms with E-state index in [1.54, 1.807) is 6.20 Å². The Morgan fingerprint density at radius 2 is 2.25 bits per heavy atom. The Bertz CT molecular complexity index is 20.0. The quantitative estimate of drug-likeness (QED) is 0.512. The fraction of sp³-hybridized carbons (Fsp3) is 0. The molecule has 0 heterocycles. The van der Waals surface area contributed by atoms with Crippen LogP contribution in [0.2, 0.25) is 0 Å². The van der Waals surface area contributed by atoms with Gasteiger partial charge in [0.15, 0.2) is 0 Å². The maximum absolute atomic E-state index is 3.32. The summed E-state index contributed by atoms with van der Waals surface area (Å²) >= 11 is 2.88. The monoisotopic (exact) mass is 121 g/mol.